The molecule has 2 amide bonds. The number of nitrogens with zero attached hydrogens (tertiary/aromatic N) is 3. The molecule has 8 heteroatoms. The van der Waals surface area contributed by atoms with Crippen LogP contribution in [0.15, 0.2) is 83.0 Å². The number of aromatic nitrogens is 2. The lowest BCUT2D eigenvalue weighted by Crippen LogP contribution is -2.46. The minimum Gasteiger partial charge on any atom is -0.334 e. The molecule has 1 unspecified atom stereocenters. The van der Waals surface area contributed by atoms with Crippen LogP contribution in [0.3, 0.4) is 0 Å². The van der Waals surface area contributed by atoms with Gasteiger partial charge in [-0.25, -0.2) is 9.18 Å². The Hall–Kier alpha value is -3.97. The number of anilines is 1. The number of hydrogen-bond acceptors (Lipinski definition) is 4. The molecule has 0 saturated carbocycles. The number of halogens is 2. The van der Waals surface area contributed by atoms with Crippen molar-refractivity contribution in [1.29, 1.82) is 0 Å². The second kappa shape index (κ2) is 9.35. The Balaban J connectivity index is 1.66. The van der Waals surface area contributed by atoms with E-state index in [0.717, 1.165) is 17.7 Å². The van der Waals surface area contributed by atoms with Crippen molar-refractivity contribution in [3.63, 3.8) is 0 Å². The Morgan fingerprint density at radius 2 is 1.86 bits per heavy atom. The number of carbonyl (C=O) groups excluding carboxylic acids is 1. The maximum Gasteiger partial charge on any atom is 0.326 e. The molecule has 1 N–H and O–H groups in total. The van der Waals surface area contributed by atoms with Crippen molar-refractivity contribution >= 4 is 28.9 Å². The number of nitrogens with one attached hydrogen (secondary N) is 1. The molecule has 0 fully saturated rings. The third kappa shape index (κ3) is 4.42. The van der Waals surface area contributed by atoms with Gasteiger partial charge >= 0.3 is 6.03 Å². The molecule has 0 bridgehead atoms. The summed E-state index contributed by atoms with van der Waals surface area (Å²) in [5.41, 5.74) is 4.49. The maximum atomic E-state index is 13.6. The number of hydrogen-bond donors (Lipinski definition) is 1. The highest BCUT2D eigenvalue weighted by molar-refractivity contribution is 6.30. The number of benzene rings is 3. The topological polar surface area (TPSA) is 71.3 Å². The van der Waals surface area contributed by atoms with E-state index in [1.807, 2.05) is 43.3 Å². The van der Waals surface area contributed by atoms with Crippen LogP contribution in [0, 0.1) is 5.82 Å². The molecule has 3 aromatic carbocycles. The molecular formula is C27H22ClFN4O2. The van der Waals surface area contributed by atoms with Gasteiger partial charge < -0.3 is 9.84 Å². The van der Waals surface area contributed by atoms with Gasteiger partial charge in [-0.1, -0.05) is 60.1 Å². The van der Waals surface area contributed by atoms with Crippen LogP contribution in [-0.2, 0) is 6.42 Å². The highest BCUT2D eigenvalue weighted by Gasteiger charge is 2.36. The molecule has 5 rings (SSSR count). The summed E-state index contributed by atoms with van der Waals surface area (Å²) >= 11 is 6.14. The average Bonchev–Trinajstić information content (AvgIpc) is 3.34. The molecule has 1 aromatic heterocycles. The van der Waals surface area contributed by atoms with Gasteiger partial charge in [0, 0.05) is 16.3 Å². The van der Waals surface area contributed by atoms with E-state index in [1.54, 1.807) is 29.2 Å². The molecule has 35 heavy (non-hydrogen) atoms. The van der Waals surface area contributed by atoms with E-state index in [1.165, 1.54) is 12.1 Å². The summed E-state index contributed by atoms with van der Waals surface area (Å²) in [7, 11) is 0. The Morgan fingerprint density at radius 1 is 1.09 bits per heavy atom. The molecule has 2 heterocycles. The second-order valence-corrected chi connectivity index (χ2v) is 8.66. The largest absolute Gasteiger partial charge is 0.334 e. The van der Waals surface area contributed by atoms with Gasteiger partial charge in [-0.05, 0) is 60.9 Å². The average molecular weight is 489 g/mol. The van der Waals surface area contributed by atoms with Crippen molar-refractivity contribution in [2.45, 2.75) is 26.3 Å². The predicted molar refractivity (Wildman–Crippen MR) is 133 cm³/mol. The number of aryl methyl sites for hydroxylation is 1. The van der Waals surface area contributed by atoms with Gasteiger partial charge in [-0.3, -0.25) is 4.90 Å². The number of urea groups is 1. The number of rotatable bonds is 5. The van der Waals surface area contributed by atoms with Gasteiger partial charge in [-0.15, -0.1) is 0 Å². The number of amides is 2. The Labute approximate surface area is 207 Å². The van der Waals surface area contributed by atoms with Crippen LogP contribution in [0.4, 0.5) is 14.9 Å². The lowest BCUT2D eigenvalue weighted by atomic mass is 9.94. The van der Waals surface area contributed by atoms with Crippen LogP contribution in [0.25, 0.3) is 17.0 Å². The molecule has 176 valence electrons. The van der Waals surface area contributed by atoms with Crippen molar-refractivity contribution in [2.75, 3.05) is 4.90 Å². The first kappa shape index (κ1) is 22.8. The SMILES string of the molecule is CCc1cccc(N2C(=O)NC(c3ccc(F)cc3)C(c3nc(-c4cccc(Cl)c4)no3)=C2C)c1. The van der Waals surface area contributed by atoms with Crippen molar-refractivity contribution in [1.82, 2.24) is 15.5 Å². The molecule has 0 aliphatic carbocycles. The molecule has 1 aliphatic rings. The van der Waals surface area contributed by atoms with Crippen LogP contribution >= 0.6 is 11.6 Å². The lowest BCUT2D eigenvalue weighted by molar-refractivity contribution is 0.244. The summed E-state index contributed by atoms with van der Waals surface area (Å²) in [6.45, 7) is 3.90. The van der Waals surface area contributed by atoms with Crippen molar-refractivity contribution in [2.24, 2.45) is 0 Å². The van der Waals surface area contributed by atoms with Crippen LogP contribution < -0.4 is 10.2 Å². The second-order valence-electron chi connectivity index (χ2n) is 8.23. The molecule has 1 atom stereocenters. The first-order valence-electron chi connectivity index (χ1n) is 11.2. The van der Waals surface area contributed by atoms with Gasteiger partial charge in [-0.2, -0.15) is 4.98 Å². The summed E-state index contributed by atoms with van der Waals surface area (Å²) < 4.78 is 19.3. The molecule has 0 spiro atoms. The van der Waals surface area contributed by atoms with E-state index in [4.69, 9.17) is 16.1 Å². The maximum absolute atomic E-state index is 13.6. The van der Waals surface area contributed by atoms with Gasteiger partial charge in [0.05, 0.1) is 17.3 Å². The van der Waals surface area contributed by atoms with Crippen molar-refractivity contribution in [3.05, 3.63) is 106 Å². The lowest BCUT2D eigenvalue weighted by Gasteiger charge is -2.35. The minimum atomic E-state index is -0.610. The monoisotopic (exact) mass is 488 g/mol. The van der Waals surface area contributed by atoms with E-state index in [0.29, 0.717) is 33.2 Å². The number of carbonyl (C=O) groups is 1. The molecule has 0 saturated heterocycles. The zero-order valence-electron chi connectivity index (χ0n) is 19.1. The van der Waals surface area contributed by atoms with E-state index < -0.39 is 6.04 Å². The highest BCUT2D eigenvalue weighted by atomic mass is 35.5. The fourth-order valence-electron chi connectivity index (χ4n) is 4.23. The Kier molecular flexibility index (Phi) is 6.09. The fraction of sp³-hybridized carbons (Fsp3) is 0.148. The third-order valence-electron chi connectivity index (χ3n) is 6.00. The van der Waals surface area contributed by atoms with Gasteiger partial charge in [0.15, 0.2) is 0 Å². The Bertz CT molecular complexity index is 1430. The van der Waals surface area contributed by atoms with Gasteiger partial charge in [0.1, 0.15) is 5.82 Å². The smallest absolute Gasteiger partial charge is 0.326 e. The zero-order chi connectivity index (χ0) is 24.5. The third-order valence-corrected chi connectivity index (χ3v) is 6.24. The fourth-order valence-corrected chi connectivity index (χ4v) is 4.42. The minimum absolute atomic E-state index is 0.253. The van der Waals surface area contributed by atoms with Gasteiger partial charge in [0.2, 0.25) is 5.82 Å². The predicted octanol–water partition coefficient (Wildman–Crippen LogP) is 6.79. The van der Waals surface area contributed by atoms with Crippen LogP contribution in [0.5, 0.6) is 0 Å². The molecule has 0 radical (unpaired) electrons. The van der Waals surface area contributed by atoms with Crippen LogP contribution in [0.2, 0.25) is 5.02 Å². The quantitative estimate of drug-likeness (QED) is 0.335. The van der Waals surface area contributed by atoms with Crippen LogP contribution in [-0.4, -0.2) is 16.2 Å². The van der Waals surface area contributed by atoms with E-state index in [-0.39, 0.29) is 17.7 Å². The molecular weight excluding hydrogens is 467 g/mol. The summed E-state index contributed by atoms with van der Waals surface area (Å²) in [4.78, 5) is 19.5. The Morgan fingerprint density at radius 3 is 2.60 bits per heavy atom. The molecule has 6 nitrogen and oxygen atoms in total. The normalized spacial score (nSPS) is 15.9. The van der Waals surface area contributed by atoms with Crippen molar-refractivity contribution < 1.29 is 13.7 Å². The highest BCUT2D eigenvalue weighted by Crippen LogP contribution is 2.39. The summed E-state index contributed by atoms with van der Waals surface area (Å²) in [5, 5.41) is 7.74. The summed E-state index contributed by atoms with van der Waals surface area (Å²) in [6.07, 6.45) is 0.837. The first-order chi connectivity index (χ1) is 16.9. The molecule has 4 aromatic rings. The number of allylic oxidation sites excluding steroid dienone is 1. The van der Waals surface area contributed by atoms with Crippen molar-refractivity contribution in [3.8, 4) is 11.4 Å². The molecule has 1 aliphatic heterocycles. The first-order valence-corrected chi connectivity index (χ1v) is 11.6. The summed E-state index contributed by atoms with van der Waals surface area (Å²) in [6, 6.07) is 20.0. The van der Waals surface area contributed by atoms with E-state index in [2.05, 4.69) is 22.4 Å². The van der Waals surface area contributed by atoms with E-state index >= 15 is 0 Å². The van der Waals surface area contributed by atoms with Crippen LogP contribution in [0.1, 0.15) is 36.9 Å². The van der Waals surface area contributed by atoms with E-state index in [9.17, 15) is 9.18 Å². The zero-order valence-corrected chi connectivity index (χ0v) is 19.9. The standard InChI is InChI=1S/C27H22ClFN4O2/c1-3-17-6-4-9-22(14-17)33-16(2)23(24(30-27(33)34)18-10-12-21(29)13-11-18)26-31-25(32-35-26)19-7-5-8-20(28)15-19/h4-15,24H,3H2,1-2H3,(H,30,34). The summed E-state index contributed by atoms with van der Waals surface area (Å²) in [5.74, 6) is 0.262. The van der Waals surface area contributed by atoms with Gasteiger partial charge in [0.25, 0.3) is 5.89 Å².